The zero-order valence-electron chi connectivity index (χ0n) is 29.2. The molecule has 0 radical (unpaired) electrons. The van der Waals surface area contributed by atoms with Crippen LogP contribution in [0.2, 0.25) is 0 Å². The summed E-state index contributed by atoms with van der Waals surface area (Å²) >= 11 is 0. The van der Waals surface area contributed by atoms with Crippen LogP contribution in [0.4, 0.5) is 0 Å². The molecule has 51 heavy (non-hydrogen) atoms. The van der Waals surface area contributed by atoms with E-state index in [2.05, 4.69) is 0 Å². The first-order valence-corrected chi connectivity index (χ1v) is 17.0. The summed E-state index contributed by atoms with van der Waals surface area (Å²) in [4.78, 5) is 42.9. The van der Waals surface area contributed by atoms with Crippen molar-refractivity contribution in [3.05, 3.63) is 51.6 Å². The highest BCUT2D eigenvalue weighted by Gasteiger charge is 2.53. The Morgan fingerprint density at radius 1 is 0.941 bits per heavy atom. The summed E-state index contributed by atoms with van der Waals surface area (Å²) in [5.41, 5.74) is -3.53. The molecule has 0 bridgehead atoms. The Balaban J connectivity index is 1.39. The van der Waals surface area contributed by atoms with Crippen LogP contribution >= 0.6 is 0 Å². The maximum atomic E-state index is 13.9. The fraction of sp³-hybridized carbons (Fsp3) is 0.583. The van der Waals surface area contributed by atoms with Crippen LogP contribution in [0.1, 0.15) is 101 Å². The highest BCUT2D eigenvalue weighted by atomic mass is 16.7. The number of aliphatic hydroxyl groups excluding tert-OH is 2. The maximum absolute atomic E-state index is 13.9. The third kappa shape index (κ3) is 6.18. The first-order chi connectivity index (χ1) is 24.0. The fourth-order valence-electron chi connectivity index (χ4n) is 8.03. The number of ketones is 2. The number of aliphatic hydroxyl groups is 3. The number of rotatable bonds is 7. The van der Waals surface area contributed by atoms with Crippen molar-refractivity contribution in [2.24, 2.45) is 0 Å². The van der Waals surface area contributed by atoms with Gasteiger partial charge < -0.3 is 59.2 Å². The van der Waals surface area contributed by atoms with Crippen LogP contribution in [0, 0.1) is 0 Å². The summed E-state index contributed by atoms with van der Waals surface area (Å²) in [7, 11) is 4.83. The molecule has 278 valence electrons. The van der Waals surface area contributed by atoms with Gasteiger partial charge in [0.05, 0.1) is 53.8 Å². The fourth-order valence-corrected chi connectivity index (χ4v) is 8.03. The molecular weight excluding hydrogens is 670 g/mol. The first-order valence-electron chi connectivity index (χ1n) is 17.0. The van der Waals surface area contributed by atoms with E-state index in [1.54, 1.807) is 20.8 Å². The van der Waals surface area contributed by atoms with Gasteiger partial charge in [0.15, 0.2) is 18.4 Å². The number of ether oxygens (including phenoxy) is 5. The Hall–Kier alpha value is -3.67. The van der Waals surface area contributed by atoms with Gasteiger partial charge in [-0.2, -0.15) is 0 Å². The summed E-state index contributed by atoms with van der Waals surface area (Å²) in [5, 5.41) is 65.4. The van der Waals surface area contributed by atoms with Gasteiger partial charge in [0.2, 0.25) is 5.78 Å². The number of aromatic hydroxyl groups is 3. The van der Waals surface area contributed by atoms with Gasteiger partial charge in [-0.25, -0.2) is 0 Å². The number of hydrogen-bond acceptors (Lipinski definition) is 15. The molecule has 0 spiro atoms. The molecule has 2 saturated heterocycles. The van der Waals surface area contributed by atoms with E-state index in [-0.39, 0.29) is 48.4 Å². The molecule has 6 N–H and O–H groups in total. The molecule has 15 nitrogen and oxygen atoms in total. The predicted molar refractivity (Wildman–Crippen MR) is 175 cm³/mol. The van der Waals surface area contributed by atoms with Gasteiger partial charge in [-0.3, -0.25) is 14.4 Å². The third-order valence-corrected chi connectivity index (χ3v) is 10.8. The molecule has 2 aromatic rings. The molecule has 0 saturated carbocycles. The molecule has 6 rings (SSSR count). The van der Waals surface area contributed by atoms with Gasteiger partial charge in [0, 0.05) is 36.4 Å². The van der Waals surface area contributed by atoms with E-state index < -0.39 is 112 Å². The van der Waals surface area contributed by atoms with Crippen molar-refractivity contribution in [2.75, 3.05) is 21.2 Å². The van der Waals surface area contributed by atoms with Crippen LogP contribution in [0.25, 0.3) is 0 Å². The smallest absolute Gasteiger partial charge is 0.316 e. The van der Waals surface area contributed by atoms with Crippen molar-refractivity contribution in [3.8, 4) is 17.2 Å². The zero-order chi connectivity index (χ0) is 37.3. The molecule has 0 unspecified atom stereocenters. The highest BCUT2D eigenvalue weighted by molar-refractivity contribution is 6.31. The van der Waals surface area contributed by atoms with E-state index in [0.29, 0.717) is 0 Å². The van der Waals surface area contributed by atoms with Crippen molar-refractivity contribution in [3.63, 3.8) is 0 Å². The molecule has 11 atom stereocenters. The van der Waals surface area contributed by atoms with Gasteiger partial charge in [-0.05, 0) is 58.1 Å². The molecule has 2 aromatic carbocycles. The van der Waals surface area contributed by atoms with Gasteiger partial charge >= 0.3 is 5.97 Å². The van der Waals surface area contributed by atoms with E-state index in [9.17, 15) is 45.0 Å². The molecule has 0 amide bonds. The minimum atomic E-state index is -1.79. The van der Waals surface area contributed by atoms with E-state index in [4.69, 9.17) is 23.7 Å². The van der Waals surface area contributed by atoms with Crippen LogP contribution in [-0.4, -0.2) is 129 Å². The Labute approximate surface area is 294 Å². The number of phenols is 3. The third-order valence-electron chi connectivity index (χ3n) is 10.8. The molecule has 15 heteroatoms. The van der Waals surface area contributed by atoms with Crippen LogP contribution in [-0.2, 0) is 28.5 Å². The highest BCUT2D eigenvalue weighted by Crippen LogP contribution is 2.54. The van der Waals surface area contributed by atoms with Gasteiger partial charge in [0.25, 0.3) is 0 Å². The van der Waals surface area contributed by atoms with Gasteiger partial charge in [-0.15, -0.1) is 0 Å². The molecular formula is C36H45NO14. The van der Waals surface area contributed by atoms with E-state index in [0.717, 1.165) is 19.2 Å². The number of likely N-dealkylation sites (N-methyl/N-ethyl adjacent to an activating group) is 1. The molecule has 0 aromatic heterocycles. The zero-order valence-corrected chi connectivity index (χ0v) is 29.2. The second-order valence-corrected chi connectivity index (χ2v) is 14.1. The number of esters is 1. The van der Waals surface area contributed by atoms with E-state index >= 15 is 0 Å². The summed E-state index contributed by atoms with van der Waals surface area (Å²) in [6.45, 7) is 5.08. The van der Waals surface area contributed by atoms with Crippen LogP contribution in [0.3, 0.4) is 0 Å². The van der Waals surface area contributed by atoms with E-state index in [1.165, 1.54) is 6.07 Å². The summed E-state index contributed by atoms with van der Waals surface area (Å²) in [6.07, 6.45) is -6.80. The van der Waals surface area contributed by atoms with Crippen molar-refractivity contribution < 1.29 is 68.7 Å². The van der Waals surface area contributed by atoms with Crippen molar-refractivity contribution >= 4 is 17.5 Å². The van der Waals surface area contributed by atoms with Crippen LogP contribution in [0.5, 0.6) is 17.2 Å². The van der Waals surface area contributed by atoms with Crippen molar-refractivity contribution in [1.82, 2.24) is 4.90 Å². The number of hydrogen-bond donors (Lipinski definition) is 6. The molecule has 4 aliphatic rings. The minimum absolute atomic E-state index is 0.00137. The SMILES string of the molecule is CC[C@@]1(O)C[C@H](O[C@H]2C[C@H](N(C)C)[C@H](O[C@H]3C[C@H](O)[C@H](O)[C@@H](C)O3)[C@@H](C)O2)c2c(cc3c(c2O)C(=O)c2c(O)ccc(O)c2C3=O)[C@H]1C(=O)OC. The van der Waals surface area contributed by atoms with Crippen molar-refractivity contribution in [1.29, 1.82) is 0 Å². The van der Waals surface area contributed by atoms with E-state index in [1.807, 2.05) is 19.0 Å². The molecule has 2 fully saturated rings. The minimum Gasteiger partial charge on any atom is -0.507 e. The average Bonchev–Trinajstić information content (AvgIpc) is 3.07. The van der Waals surface area contributed by atoms with Crippen molar-refractivity contribution in [2.45, 2.75) is 113 Å². The van der Waals surface area contributed by atoms with Crippen LogP contribution < -0.4 is 0 Å². The number of methoxy groups -OCH3 is 1. The molecule has 2 aliphatic heterocycles. The monoisotopic (exact) mass is 715 g/mol. The normalized spacial score (nSPS) is 34.9. The number of nitrogens with zero attached hydrogens (tertiary/aromatic N) is 1. The topological polar surface area (TPSA) is 222 Å². The predicted octanol–water partition coefficient (Wildman–Crippen LogP) is 1.74. The Morgan fingerprint density at radius 3 is 2.14 bits per heavy atom. The number of fused-ring (bicyclic) bond motifs is 3. The molecule has 2 aliphatic carbocycles. The molecule has 2 heterocycles. The van der Waals surface area contributed by atoms with Gasteiger partial charge in [0.1, 0.15) is 35.4 Å². The summed E-state index contributed by atoms with van der Waals surface area (Å²) < 4.78 is 30.0. The maximum Gasteiger partial charge on any atom is 0.316 e. The lowest BCUT2D eigenvalue weighted by atomic mass is 9.67. The van der Waals surface area contributed by atoms with Gasteiger partial charge in [-0.1, -0.05) is 6.92 Å². The average molecular weight is 716 g/mol. The lowest BCUT2D eigenvalue weighted by Gasteiger charge is -2.48. The quantitative estimate of drug-likeness (QED) is 0.152. The number of carbonyl (C=O) groups is 3. The summed E-state index contributed by atoms with van der Waals surface area (Å²) in [6, 6.07) is 3.04. The number of phenolic OH excluding ortho intramolecular Hbond substituents is 3. The Kier molecular flexibility index (Phi) is 9.97. The second kappa shape index (κ2) is 13.7. The van der Waals surface area contributed by atoms with Crippen LogP contribution in [0.15, 0.2) is 18.2 Å². The number of benzene rings is 2. The Morgan fingerprint density at radius 2 is 1.55 bits per heavy atom. The Bertz CT molecular complexity index is 1720. The lowest BCUT2D eigenvalue weighted by molar-refractivity contribution is -0.310. The largest absolute Gasteiger partial charge is 0.507 e. The summed E-state index contributed by atoms with van der Waals surface area (Å²) in [5.74, 6) is -5.85. The second-order valence-electron chi connectivity index (χ2n) is 14.1. The first kappa shape index (κ1) is 37.1. The lowest BCUT2D eigenvalue weighted by Crippen LogP contribution is -2.57. The standard InChI is InChI=1S/C36H45NO14/c1-7-36(46)13-22(50-23-11-18(37(4)5)34(15(3)49-23)51-24-12-21(40)30(41)14(2)48-24)25-16(29(36)35(45)47-6)10-17-26(32(25)43)33(44)28-20(39)9-8-19(38)27(28)31(17)42/h8-10,14-15,18,21-24,29-30,34,38-41,43,46H,7,11-13H2,1-6H3/t14-,15-,18+,21+,22+,23+,24+,29+,30-,34-,36-/m1/s1. The number of carbonyl (C=O) groups excluding carboxylic acids is 3.